The Balaban J connectivity index is 2.09. The highest BCUT2D eigenvalue weighted by molar-refractivity contribution is 7.87. The molecule has 0 fully saturated rings. The minimum absolute atomic E-state index is 0.0518. The van der Waals surface area contributed by atoms with Gasteiger partial charge in [0.1, 0.15) is 6.35 Å². The molecule has 30 heavy (non-hydrogen) atoms. The van der Waals surface area contributed by atoms with Gasteiger partial charge in [0.25, 0.3) is 10.1 Å². The van der Waals surface area contributed by atoms with Crippen LogP contribution in [0, 0.1) is 12.8 Å². The zero-order valence-corrected chi connectivity index (χ0v) is 18.8. The summed E-state index contributed by atoms with van der Waals surface area (Å²) in [5.74, 6) is -2.06. The lowest BCUT2D eigenvalue weighted by Crippen LogP contribution is -2.21. The normalized spacial score (nSPS) is 14.7. The fraction of sp³-hybridized carbons (Fsp3) is 0.381. The first kappa shape index (κ1) is 24.3. The molecule has 2 atom stereocenters. The maximum atomic E-state index is 13.2. The van der Waals surface area contributed by atoms with E-state index in [-0.39, 0.29) is 24.1 Å². The molecule has 1 N–H and O–H groups in total. The summed E-state index contributed by atoms with van der Waals surface area (Å²) in [6, 6.07) is 15.4. The van der Waals surface area contributed by atoms with Crippen molar-refractivity contribution < 1.29 is 31.6 Å². The highest BCUT2D eigenvalue weighted by Gasteiger charge is 2.33. The highest BCUT2D eigenvalue weighted by Crippen LogP contribution is 2.49. The van der Waals surface area contributed by atoms with Crippen LogP contribution in [0.5, 0.6) is 0 Å². The second-order valence-electron chi connectivity index (χ2n) is 6.99. The van der Waals surface area contributed by atoms with Crippen molar-refractivity contribution in [3.63, 3.8) is 0 Å². The summed E-state index contributed by atoms with van der Waals surface area (Å²) in [7, 11) is -7.80. The molecule has 2 aromatic rings. The Bertz CT molecular complexity index is 972. The summed E-state index contributed by atoms with van der Waals surface area (Å²) in [4.78, 5) is 11.7. The maximum absolute atomic E-state index is 13.2. The van der Waals surface area contributed by atoms with Crippen LogP contribution in [0.2, 0.25) is 0 Å². The predicted octanol–water partition coefficient (Wildman–Crippen LogP) is 4.31. The summed E-state index contributed by atoms with van der Waals surface area (Å²) in [6.45, 7) is 3.49. The summed E-state index contributed by atoms with van der Waals surface area (Å²) in [5.41, 5.74) is 1.85. The van der Waals surface area contributed by atoms with Gasteiger partial charge in [0.2, 0.25) is 7.37 Å². The molecule has 2 rings (SSSR count). The van der Waals surface area contributed by atoms with Gasteiger partial charge in [-0.25, -0.2) is 0 Å². The summed E-state index contributed by atoms with van der Waals surface area (Å²) < 4.78 is 48.3. The smallest absolute Gasteiger partial charge is 0.307 e. The fourth-order valence-corrected chi connectivity index (χ4v) is 6.48. The first-order chi connectivity index (χ1) is 14.1. The van der Waals surface area contributed by atoms with Crippen LogP contribution in [0.4, 0.5) is 0 Å². The van der Waals surface area contributed by atoms with Gasteiger partial charge in [-0.3, -0.25) is 13.5 Å². The molecule has 7 nitrogen and oxygen atoms in total. The van der Waals surface area contributed by atoms with E-state index in [1.165, 1.54) is 12.1 Å². The number of rotatable bonds is 12. The van der Waals surface area contributed by atoms with E-state index in [1.807, 2.05) is 37.3 Å². The standard InChI is InChI=1S/C21H27O7PS/c1-3-27-29(24,16-28-30(25,26)20-13-9-17(2)10-14-20)15-19(21(22)23)12-11-18-7-5-4-6-8-18/h4-10,13-14,19H,3,11-12,15-16H2,1-2H3,(H,22,23). The molecule has 0 radical (unpaired) electrons. The zero-order chi connectivity index (χ0) is 22.2. The summed E-state index contributed by atoms with van der Waals surface area (Å²) >= 11 is 0. The van der Waals surface area contributed by atoms with Crippen LogP contribution in [0.15, 0.2) is 59.5 Å². The average molecular weight is 454 g/mol. The Labute approximate surface area is 177 Å². The van der Waals surface area contributed by atoms with Crippen LogP contribution in [0.1, 0.15) is 24.5 Å². The largest absolute Gasteiger partial charge is 0.481 e. The van der Waals surface area contributed by atoms with E-state index in [2.05, 4.69) is 0 Å². The molecule has 0 bridgehead atoms. The molecule has 0 amide bonds. The molecule has 0 heterocycles. The van der Waals surface area contributed by atoms with Crippen molar-refractivity contribution in [1.29, 1.82) is 0 Å². The third-order valence-corrected chi connectivity index (χ3v) is 8.25. The quantitative estimate of drug-likeness (QED) is 0.376. The van der Waals surface area contributed by atoms with Gasteiger partial charge in [0, 0.05) is 6.16 Å². The number of carbonyl (C=O) groups is 1. The van der Waals surface area contributed by atoms with Crippen LogP contribution >= 0.6 is 7.37 Å². The number of aliphatic carboxylic acids is 1. The second kappa shape index (κ2) is 10.9. The molecule has 0 aromatic heterocycles. The van der Waals surface area contributed by atoms with E-state index in [0.29, 0.717) is 6.42 Å². The predicted molar refractivity (Wildman–Crippen MR) is 114 cm³/mol. The molecule has 0 aliphatic heterocycles. The van der Waals surface area contributed by atoms with Gasteiger partial charge in [-0.2, -0.15) is 8.42 Å². The Morgan fingerprint density at radius 1 is 1.10 bits per heavy atom. The minimum atomic E-state index is -4.14. The molecule has 2 unspecified atom stereocenters. The van der Waals surface area contributed by atoms with E-state index < -0.39 is 35.7 Å². The lowest BCUT2D eigenvalue weighted by atomic mass is 10.0. The van der Waals surface area contributed by atoms with Gasteiger partial charge in [0.15, 0.2) is 0 Å². The van der Waals surface area contributed by atoms with E-state index in [1.54, 1.807) is 19.1 Å². The van der Waals surface area contributed by atoms with Crippen LogP contribution in [0.25, 0.3) is 0 Å². The van der Waals surface area contributed by atoms with Crippen molar-refractivity contribution in [2.24, 2.45) is 5.92 Å². The number of aryl methyl sites for hydroxylation is 2. The van der Waals surface area contributed by atoms with E-state index in [9.17, 15) is 22.9 Å². The first-order valence-electron chi connectivity index (χ1n) is 9.60. The molecule has 0 saturated carbocycles. The molecular weight excluding hydrogens is 427 g/mol. The first-order valence-corrected chi connectivity index (χ1v) is 13.0. The molecule has 0 aliphatic rings. The van der Waals surface area contributed by atoms with E-state index >= 15 is 0 Å². The summed E-state index contributed by atoms with van der Waals surface area (Å²) in [6.07, 6.45) is -0.258. The van der Waals surface area contributed by atoms with Crippen LogP contribution in [-0.4, -0.2) is 38.6 Å². The van der Waals surface area contributed by atoms with Crippen LogP contribution < -0.4 is 0 Å². The molecule has 2 aromatic carbocycles. The molecule has 0 spiro atoms. The Morgan fingerprint density at radius 2 is 1.73 bits per heavy atom. The monoisotopic (exact) mass is 454 g/mol. The number of benzene rings is 2. The molecule has 9 heteroatoms. The van der Waals surface area contributed by atoms with Crippen molar-refractivity contribution in [3.05, 3.63) is 65.7 Å². The molecule has 164 valence electrons. The topological polar surface area (TPSA) is 107 Å². The SMILES string of the molecule is CCOP(=O)(COS(=O)(=O)c1ccc(C)cc1)CC(CCc1ccccc1)C(=O)O. The highest BCUT2D eigenvalue weighted by atomic mass is 32.2. The van der Waals surface area contributed by atoms with Crippen molar-refractivity contribution in [2.75, 3.05) is 19.1 Å². The van der Waals surface area contributed by atoms with Crippen molar-refractivity contribution in [3.8, 4) is 0 Å². The molecule has 0 aliphatic carbocycles. The lowest BCUT2D eigenvalue weighted by molar-refractivity contribution is -0.141. The number of hydrogen-bond donors (Lipinski definition) is 1. The molecule has 0 saturated heterocycles. The maximum Gasteiger partial charge on any atom is 0.307 e. The van der Waals surface area contributed by atoms with Gasteiger partial charge in [-0.1, -0.05) is 48.0 Å². The van der Waals surface area contributed by atoms with Crippen molar-refractivity contribution in [1.82, 2.24) is 0 Å². The molecular formula is C21H27O7PS. The Morgan fingerprint density at radius 3 is 2.30 bits per heavy atom. The van der Waals surface area contributed by atoms with Crippen molar-refractivity contribution in [2.45, 2.75) is 31.6 Å². The second-order valence-corrected chi connectivity index (χ2v) is 11.1. The van der Waals surface area contributed by atoms with E-state index in [4.69, 9.17) is 8.71 Å². The van der Waals surface area contributed by atoms with Gasteiger partial charge in [-0.15, -0.1) is 0 Å². The minimum Gasteiger partial charge on any atom is -0.481 e. The van der Waals surface area contributed by atoms with Gasteiger partial charge in [0.05, 0.1) is 17.4 Å². The van der Waals surface area contributed by atoms with Gasteiger partial charge >= 0.3 is 5.97 Å². The lowest BCUT2D eigenvalue weighted by Gasteiger charge is -2.21. The van der Waals surface area contributed by atoms with Gasteiger partial charge in [-0.05, 0) is 44.4 Å². The zero-order valence-electron chi connectivity index (χ0n) is 17.1. The van der Waals surface area contributed by atoms with Crippen LogP contribution in [0.3, 0.4) is 0 Å². The Hall–Kier alpha value is -1.99. The van der Waals surface area contributed by atoms with Gasteiger partial charge < -0.3 is 9.63 Å². The number of hydrogen-bond acceptors (Lipinski definition) is 6. The van der Waals surface area contributed by atoms with Crippen molar-refractivity contribution >= 4 is 23.5 Å². The fourth-order valence-electron chi connectivity index (χ4n) is 2.91. The third-order valence-electron chi connectivity index (χ3n) is 4.55. The Kier molecular flexibility index (Phi) is 8.79. The van der Waals surface area contributed by atoms with E-state index in [0.717, 1.165) is 11.1 Å². The van der Waals surface area contributed by atoms with Crippen LogP contribution in [-0.2, 0) is 34.6 Å². The average Bonchev–Trinajstić information content (AvgIpc) is 2.71. The third kappa shape index (κ3) is 7.36. The summed E-state index contributed by atoms with van der Waals surface area (Å²) in [5, 5.41) is 9.58. The number of carboxylic acids is 1. The number of carboxylic acid groups (broad SMARTS) is 1.